The first-order valence-electron chi connectivity index (χ1n) is 6.83. The van der Waals surface area contributed by atoms with Crippen molar-refractivity contribution < 1.29 is 9.59 Å². The number of hydrazine groups is 1. The lowest BCUT2D eigenvalue weighted by atomic mass is 9.95. The zero-order valence-electron chi connectivity index (χ0n) is 12.1. The van der Waals surface area contributed by atoms with Crippen LogP contribution in [-0.4, -0.2) is 23.2 Å². The Morgan fingerprint density at radius 3 is 2.50 bits per heavy atom. The smallest absolute Gasteiger partial charge is 0.237 e. The average Bonchev–Trinajstić information content (AvgIpc) is 2.78. The number of carbonyl (C=O) groups is 2. The van der Waals surface area contributed by atoms with Crippen LogP contribution in [0.15, 0.2) is 41.6 Å². The molecule has 1 unspecified atom stereocenters. The Labute approximate surface area is 119 Å². The maximum absolute atomic E-state index is 11.7. The summed E-state index contributed by atoms with van der Waals surface area (Å²) in [6.45, 7) is 5.57. The molecule has 1 aromatic rings. The van der Waals surface area contributed by atoms with Crippen LogP contribution in [0.25, 0.3) is 0 Å². The fourth-order valence-electron chi connectivity index (χ4n) is 2.61. The molecule has 4 heteroatoms. The van der Waals surface area contributed by atoms with Crippen molar-refractivity contribution in [2.24, 2.45) is 5.92 Å². The summed E-state index contributed by atoms with van der Waals surface area (Å²) < 4.78 is 0. The third kappa shape index (κ3) is 2.80. The summed E-state index contributed by atoms with van der Waals surface area (Å²) >= 11 is 0. The van der Waals surface area contributed by atoms with Gasteiger partial charge in [0.15, 0.2) is 0 Å². The minimum absolute atomic E-state index is 0.0939. The molecule has 1 N–H and O–H groups in total. The molecule has 0 saturated heterocycles. The van der Waals surface area contributed by atoms with Crippen LogP contribution in [0.1, 0.15) is 26.3 Å². The molecule has 1 amide bonds. The molecule has 1 atom stereocenters. The molecule has 0 aromatic heterocycles. The van der Waals surface area contributed by atoms with E-state index >= 15 is 0 Å². The van der Waals surface area contributed by atoms with Crippen molar-refractivity contribution in [3.05, 3.63) is 47.2 Å². The number of hydrogen-bond acceptors (Lipinski definition) is 3. The van der Waals surface area contributed by atoms with Crippen molar-refractivity contribution in [2.45, 2.75) is 33.2 Å². The summed E-state index contributed by atoms with van der Waals surface area (Å²) in [5.41, 5.74) is 6.02. The third-order valence-electron chi connectivity index (χ3n) is 3.45. The van der Waals surface area contributed by atoms with Crippen LogP contribution >= 0.6 is 0 Å². The first kappa shape index (κ1) is 14.5. The van der Waals surface area contributed by atoms with Gasteiger partial charge in [0.2, 0.25) is 5.91 Å². The fraction of sp³-hybridized carbons (Fsp3) is 0.375. The van der Waals surface area contributed by atoms with Crippen LogP contribution in [0.5, 0.6) is 0 Å². The van der Waals surface area contributed by atoms with Gasteiger partial charge in [-0.15, -0.1) is 0 Å². The van der Waals surface area contributed by atoms with Crippen molar-refractivity contribution in [3.63, 3.8) is 0 Å². The molecule has 1 aromatic carbocycles. The molecule has 20 heavy (non-hydrogen) atoms. The molecule has 2 rings (SSSR count). The number of hydrogen-bond donors (Lipinski definition) is 1. The van der Waals surface area contributed by atoms with Crippen LogP contribution in [0.2, 0.25) is 0 Å². The molecule has 0 fully saturated rings. The number of amides is 1. The largest absolute Gasteiger partial charge is 0.301 e. The van der Waals surface area contributed by atoms with E-state index in [9.17, 15) is 9.59 Å². The van der Waals surface area contributed by atoms with Gasteiger partial charge in [0.1, 0.15) is 12.3 Å². The van der Waals surface area contributed by atoms with Crippen LogP contribution in [0.4, 0.5) is 0 Å². The van der Waals surface area contributed by atoms with E-state index < -0.39 is 6.04 Å². The van der Waals surface area contributed by atoms with Crippen LogP contribution in [-0.2, 0) is 16.0 Å². The lowest BCUT2D eigenvalue weighted by Crippen LogP contribution is -2.41. The number of rotatable bonds is 4. The van der Waals surface area contributed by atoms with Crippen molar-refractivity contribution >= 4 is 12.2 Å². The zero-order valence-corrected chi connectivity index (χ0v) is 12.1. The van der Waals surface area contributed by atoms with Gasteiger partial charge >= 0.3 is 0 Å². The molecule has 0 spiro atoms. The number of nitrogens with one attached hydrogen (secondary N) is 1. The van der Waals surface area contributed by atoms with Gasteiger partial charge in [-0.3, -0.25) is 4.79 Å². The quantitative estimate of drug-likeness (QED) is 0.854. The summed E-state index contributed by atoms with van der Waals surface area (Å²) in [7, 11) is 0. The number of benzene rings is 1. The number of carbonyl (C=O) groups excluding carboxylic acids is 2. The van der Waals surface area contributed by atoms with Gasteiger partial charge in [-0.25, -0.2) is 10.4 Å². The molecule has 1 aliphatic heterocycles. The molecule has 0 radical (unpaired) electrons. The molecule has 1 heterocycles. The van der Waals surface area contributed by atoms with E-state index in [1.165, 1.54) is 11.9 Å². The standard InChI is InChI=1S/C16H20N2O2/c1-11(2)16-14(9-13-7-5-4-6-8-13)15(10-19)17-18(16)12(3)20/h4-8,10-11,15,17H,9H2,1-3H3. The second kappa shape index (κ2) is 6.01. The van der Waals surface area contributed by atoms with Gasteiger partial charge in [-0.05, 0) is 23.5 Å². The first-order chi connectivity index (χ1) is 9.54. The molecule has 0 saturated carbocycles. The van der Waals surface area contributed by atoms with Gasteiger partial charge in [-0.1, -0.05) is 44.2 Å². The monoisotopic (exact) mass is 272 g/mol. The van der Waals surface area contributed by atoms with E-state index in [2.05, 4.69) is 5.43 Å². The SMILES string of the molecule is CC(=O)N1NC(C=O)C(Cc2ccccc2)=C1C(C)C. The van der Waals surface area contributed by atoms with E-state index in [0.29, 0.717) is 6.42 Å². The lowest BCUT2D eigenvalue weighted by Gasteiger charge is -2.21. The highest BCUT2D eigenvalue weighted by Crippen LogP contribution is 2.29. The second-order valence-corrected chi connectivity index (χ2v) is 5.32. The number of aldehydes is 1. The third-order valence-corrected chi connectivity index (χ3v) is 3.45. The maximum Gasteiger partial charge on any atom is 0.237 e. The Kier molecular flexibility index (Phi) is 4.35. The highest BCUT2D eigenvalue weighted by molar-refractivity contribution is 5.78. The summed E-state index contributed by atoms with van der Waals surface area (Å²) in [5, 5.41) is 1.52. The fourth-order valence-corrected chi connectivity index (χ4v) is 2.61. The van der Waals surface area contributed by atoms with Crippen LogP contribution in [0, 0.1) is 5.92 Å². The summed E-state index contributed by atoms with van der Waals surface area (Å²) in [4.78, 5) is 23.0. The van der Waals surface area contributed by atoms with Crippen molar-refractivity contribution in [1.29, 1.82) is 0 Å². The maximum atomic E-state index is 11.7. The van der Waals surface area contributed by atoms with Crippen molar-refractivity contribution in [1.82, 2.24) is 10.4 Å². The van der Waals surface area contributed by atoms with Gasteiger partial charge in [0.25, 0.3) is 0 Å². The highest BCUT2D eigenvalue weighted by atomic mass is 16.2. The first-order valence-corrected chi connectivity index (χ1v) is 6.83. The highest BCUT2D eigenvalue weighted by Gasteiger charge is 2.34. The minimum Gasteiger partial charge on any atom is -0.301 e. The lowest BCUT2D eigenvalue weighted by molar-refractivity contribution is -0.129. The van der Waals surface area contributed by atoms with Gasteiger partial charge in [-0.2, -0.15) is 0 Å². The Hall–Kier alpha value is -1.94. The van der Waals surface area contributed by atoms with Crippen molar-refractivity contribution in [3.8, 4) is 0 Å². The van der Waals surface area contributed by atoms with Crippen LogP contribution < -0.4 is 5.43 Å². The number of nitrogens with zero attached hydrogens (tertiary/aromatic N) is 1. The molecule has 0 aliphatic carbocycles. The van der Waals surface area contributed by atoms with E-state index in [1.807, 2.05) is 44.2 Å². The van der Waals surface area contributed by atoms with Crippen molar-refractivity contribution in [2.75, 3.05) is 0 Å². The normalized spacial score (nSPS) is 18.8. The molecular weight excluding hydrogens is 252 g/mol. The van der Waals surface area contributed by atoms with E-state index in [4.69, 9.17) is 0 Å². The minimum atomic E-state index is -0.420. The number of allylic oxidation sites excluding steroid dienone is 1. The topological polar surface area (TPSA) is 49.4 Å². The Bertz CT molecular complexity index is 535. The van der Waals surface area contributed by atoms with Crippen LogP contribution in [0.3, 0.4) is 0 Å². The predicted molar refractivity (Wildman–Crippen MR) is 77.5 cm³/mol. The summed E-state index contributed by atoms with van der Waals surface area (Å²) in [6, 6.07) is 9.56. The molecule has 1 aliphatic rings. The van der Waals surface area contributed by atoms with E-state index in [-0.39, 0.29) is 11.8 Å². The Balaban J connectivity index is 2.41. The predicted octanol–water partition coefficient (Wildman–Crippen LogP) is 2.07. The van der Waals surface area contributed by atoms with Gasteiger partial charge < -0.3 is 4.79 Å². The summed E-state index contributed by atoms with van der Waals surface area (Å²) in [6.07, 6.45) is 1.54. The molecular formula is C16H20N2O2. The van der Waals surface area contributed by atoms with Gasteiger partial charge in [0, 0.05) is 12.6 Å². The van der Waals surface area contributed by atoms with E-state index in [0.717, 1.165) is 23.1 Å². The zero-order chi connectivity index (χ0) is 14.7. The summed E-state index contributed by atoms with van der Waals surface area (Å²) in [5.74, 6) is 0.0821. The average molecular weight is 272 g/mol. The Morgan fingerprint density at radius 2 is 2.00 bits per heavy atom. The second-order valence-electron chi connectivity index (χ2n) is 5.32. The molecule has 4 nitrogen and oxygen atoms in total. The molecule has 0 bridgehead atoms. The Morgan fingerprint density at radius 1 is 1.35 bits per heavy atom. The van der Waals surface area contributed by atoms with E-state index in [1.54, 1.807) is 0 Å². The molecule has 106 valence electrons. The van der Waals surface area contributed by atoms with Gasteiger partial charge in [0.05, 0.1) is 0 Å².